The Balaban J connectivity index is 1.84. The lowest BCUT2D eigenvalue weighted by molar-refractivity contribution is 0.371. The van der Waals surface area contributed by atoms with Gasteiger partial charge in [-0.1, -0.05) is 15.9 Å². The monoisotopic (exact) mass is 295 g/mol. The van der Waals surface area contributed by atoms with Gasteiger partial charge in [0.25, 0.3) is 0 Å². The van der Waals surface area contributed by atoms with E-state index in [2.05, 4.69) is 22.0 Å². The van der Waals surface area contributed by atoms with Gasteiger partial charge < -0.3 is 10.5 Å². The van der Waals surface area contributed by atoms with Gasteiger partial charge in [0.15, 0.2) is 0 Å². The summed E-state index contributed by atoms with van der Waals surface area (Å²) in [6.45, 7) is 0. The Kier molecular flexibility index (Phi) is 2.91. The molecule has 1 aromatic rings. The quantitative estimate of drug-likeness (QED) is 0.926. The second kappa shape index (κ2) is 4.29. The minimum atomic E-state index is 0.121. The van der Waals surface area contributed by atoms with Crippen LogP contribution in [0.4, 0.5) is 0 Å². The molecule has 0 aromatic heterocycles. The minimum Gasteiger partial charge on any atom is -0.496 e. The van der Waals surface area contributed by atoms with Crippen LogP contribution in [0.2, 0.25) is 0 Å². The van der Waals surface area contributed by atoms with Crippen LogP contribution in [0.5, 0.6) is 5.75 Å². The predicted molar refractivity (Wildman–Crippen MR) is 71.9 cm³/mol. The number of halogens is 1. The molecule has 2 fully saturated rings. The van der Waals surface area contributed by atoms with Gasteiger partial charge in [-0.15, -0.1) is 0 Å². The molecule has 0 amide bonds. The number of nitrogens with two attached hydrogens (primary N) is 1. The fourth-order valence-electron chi connectivity index (χ4n) is 3.27. The third-order valence-corrected chi connectivity index (χ3v) is 4.83. The SMILES string of the molecule is COc1ccc(Br)cc1C(N)C1CC2CC2C1. The van der Waals surface area contributed by atoms with Crippen molar-refractivity contribution < 1.29 is 4.74 Å². The first kappa shape index (κ1) is 11.5. The maximum Gasteiger partial charge on any atom is 0.123 e. The fraction of sp³-hybridized carbons (Fsp3) is 0.571. The van der Waals surface area contributed by atoms with E-state index >= 15 is 0 Å². The van der Waals surface area contributed by atoms with E-state index in [1.807, 2.05) is 12.1 Å². The third-order valence-electron chi connectivity index (χ3n) is 4.34. The highest BCUT2D eigenvalue weighted by Crippen LogP contribution is 2.57. The molecule has 2 aliphatic rings. The molecule has 3 rings (SSSR count). The van der Waals surface area contributed by atoms with Gasteiger partial charge in [0.1, 0.15) is 5.75 Å². The third kappa shape index (κ3) is 2.11. The Morgan fingerprint density at radius 3 is 2.65 bits per heavy atom. The molecule has 0 saturated heterocycles. The molecule has 0 radical (unpaired) electrons. The predicted octanol–water partition coefficient (Wildman–Crippen LogP) is 3.50. The average molecular weight is 296 g/mol. The Bertz CT molecular complexity index is 424. The largest absolute Gasteiger partial charge is 0.496 e. The van der Waals surface area contributed by atoms with Gasteiger partial charge in [0.05, 0.1) is 7.11 Å². The van der Waals surface area contributed by atoms with E-state index in [0.29, 0.717) is 5.92 Å². The lowest BCUT2D eigenvalue weighted by atomic mass is 9.89. The molecule has 0 heterocycles. The average Bonchev–Trinajstić information content (AvgIpc) is 2.95. The van der Waals surface area contributed by atoms with E-state index in [4.69, 9.17) is 10.5 Å². The van der Waals surface area contributed by atoms with E-state index < -0.39 is 0 Å². The normalized spacial score (nSPS) is 32.1. The highest BCUT2D eigenvalue weighted by Gasteiger charge is 2.47. The first-order valence-electron chi connectivity index (χ1n) is 6.28. The van der Waals surface area contributed by atoms with Gasteiger partial charge in [0.2, 0.25) is 0 Å². The van der Waals surface area contributed by atoms with Gasteiger partial charge in [-0.2, -0.15) is 0 Å². The number of ether oxygens (including phenoxy) is 1. The summed E-state index contributed by atoms with van der Waals surface area (Å²) in [5.74, 6) is 3.51. The van der Waals surface area contributed by atoms with Crippen LogP contribution < -0.4 is 10.5 Å². The molecule has 3 heteroatoms. The molecule has 3 unspecified atom stereocenters. The number of benzene rings is 1. The maximum absolute atomic E-state index is 6.43. The lowest BCUT2D eigenvalue weighted by Crippen LogP contribution is -2.21. The van der Waals surface area contributed by atoms with Crippen molar-refractivity contribution in [2.75, 3.05) is 7.11 Å². The summed E-state index contributed by atoms with van der Waals surface area (Å²) in [6.07, 6.45) is 4.06. The van der Waals surface area contributed by atoms with Crippen LogP contribution in [0.1, 0.15) is 30.9 Å². The van der Waals surface area contributed by atoms with Crippen LogP contribution in [0.25, 0.3) is 0 Å². The molecule has 2 nitrogen and oxygen atoms in total. The zero-order chi connectivity index (χ0) is 12.0. The van der Waals surface area contributed by atoms with Gasteiger partial charge in [-0.3, -0.25) is 0 Å². The summed E-state index contributed by atoms with van der Waals surface area (Å²) >= 11 is 3.51. The Morgan fingerprint density at radius 1 is 1.29 bits per heavy atom. The number of methoxy groups -OCH3 is 1. The summed E-state index contributed by atoms with van der Waals surface area (Å²) in [5.41, 5.74) is 7.57. The van der Waals surface area contributed by atoms with Crippen LogP contribution in [0, 0.1) is 17.8 Å². The van der Waals surface area contributed by atoms with E-state index in [1.165, 1.54) is 19.3 Å². The van der Waals surface area contributed by atoms with E-state index in [9.17, 15) is 0 Å². The molecule has 2 N–H and O–H groups in total. The van der Waals surface area contributed by atoms with Gasteiger partial charge in [-0.05, 0) is 55.2 Å². The topological polar surface area (TPSA) is 35.2 Å². The van der Waals surface area contributed by atoms with Crippen LogP contribution in [0.3, 0.4) is 0 Å². The van der Waals surface area contributed by atoms with Gasteiger partial charge >= 0.3 is 0 Å². The second-order valence-electron chi connectivity index (χ2n) is 5.40. The van der Waals surface area contributed by atoms with Crippen molar-refractivity contribution in [3.05, 3.63) is 28.2 Å². The highest BCUT2D eigenvalue weighted by molar-refractivity contribution is 9.10. The standard InChI is InChI=1S/C14H18BrNO/c1-17-13-3-2-11(15)7-12(13)14(16)10-5-8-4-9(8)6-10/h2-3,7-10,14H,4-6,16H2,1H3. The molecule has 0 spiro atoms. The molecular formula is C14H18BrNO. The van der Waals surface area contributed by atoms with Crippen molar-refractivity contribution in [1.82, 2.24) is 0 Å². The fourth-order valence-corrected chi connectivity index (χ4v) is 3.65. The van der Waals surface area contributed by atoms with Crippen molar-refractivity contribution in [2.45, 2.75) is 25.3 Å². The van der Waals surface area contributed by atoms with Gasteiger partial charge in [-0.25, -0.2) is 0 Å². The molecule has 0 aliphatic heterocycles. The molecule has 0 bridgehead atoms. The van der Waals surface area contributed by atoms with E-state index in [-0.39, 0.29) is 6.04 Å². The molecule has 1 aromatic carbocycles. The molecule has 2 saturated carbocycles. The van der Waals surface area contributed by atoms with Crippen LogP contribution >= 0.6 is 15.9 Å². The van der Waals surface area contributed by atoms with Crippen molar-refractivity contribution in [3.63, 3.8) is 0 Å². The van der Waals surface area contributed by atoms with Gasteiger partial charge in [0, 0.05) is 16.1 Å². The van der Waals surface area contributed by atoms with Crippen molar-refractivity contribution in [2.24, 2.45) is 23.5 Å². The summed E-state index contributed by atoms with van der Waals surface area (Å²) in [6, 6.07) is 6.22. The number of fused-ring (bicyclic) bond motifs is 1. The van der Waals surface area contributed by atoms with E-state index in [0.717, 1.165) is 27.6 Å². The van der Waals surface area contributed by atoms with E-state index in [1.54, 1.807) is 7.11 Å². The lowest BCUT2D eigenvalue weighted by Gasteiger charge is -2.23. The minimum absolute atomic E-state index is 0.121. The zero-order valence-corrected chi connectivity index (χ0v) is 11.6. The maximum atomic E-state index is 6.43. The zero-order valence-electron chi connectivity index (χ0n) is 10.0. The van der Waals surface area contributed by atoms with Crippen LogP contribution in [-0.4, -0.2) is 7.11 Å². The van der Waals surface area contributed by atoms with Crippen LogP contribution in [0.15, 0.2) is 22.7 Å². The summed E-state index contributed by atoms with van der Waals surface area (Å²) in [5, 5.41) is 0. The smallest absolute Gasteiger partial charge is 0.123 e. The summed E-state index contributed by atoms with van der Waals surface area (Å²) < 4.78 is 6.49. The molecule has 17 heavy (non-hydrogen) atoms. The Morgan fingerprint density at radius 2 is 2.00 bits per heavy atom. The van der Waals surface area contributed by atoms with Crippen molar-refractivity contribution in [1.29, 1.82) is 0 Å². The first-order valence-corrected chi connectivity index (χ1v) is 7.07. The molecular weight excluding hydrogens is 278 g/mol. The Hall–Kier alpha value is -0.540. The number of hydrogen-bond acceptors (Lipinski definition) is 2. The van der Waals surface area contributed by atoms with Crippen molar-refractivity contribution in [3.8, 4) is 5.75 Å². The van der Waals surface area contributed by atoms with Crippen molar-refractivity contribution >= 4 is 15.9 Å². The summed E-state index contributed by atoms with van der Waals surface area (Å²) in [7, 11) is 1.71. The second-order valence-corrected chi connectivity index (χ2v) is 6.32. The Labute approximate surface area is 111 Å². The molecule has 2 aliphatic carbocycles. The molecule has 3 atom stereocenters. The highest BCUT2D eigenvalue weighted by atomic mass is 79.9. The molecule has 92 valence electrons. The number of hydrogen-bond donors (Lipinski definition) is 1. The van der Waals surface area contributed by atoms with Crippen LogP contribution in [-0.2, 0) is 0 Å². The summed E-state index contributed by atoms with van der Waals surface area (Å²) in [4.78, 5) is 0. The number of rotatable bonds is 3. The first-order chi connectivity index (χ1) is 8.19.